The van der Waals surface area contributed by atoms with Crippen molar-refractivity contribution in [2.24, 2.45) is 5.92 Å². The van der Waals surface area contributed by atoms with E-state index in [-0.39, 0.29) is 0 Å². The first-order valence-electron chi connectivity index (χ1n) is 5.85. The van der Waals surface area contributed by atoms with E-state index in [1.165, 1.54) is 12.8 Å². The number of ether oxygens (including phenoxy) is 1. The molecular weight excluding hydrogens is 214 g/mol. The highest BCUT2D eigenvalue weighted by Gasteiger charge is 2.22. The zero-order valence-corrected chi connectivity index (χ0v) is 9.52. The summed E-state index contributed by atoms with van der Waals surface area (Å²) in [5.41, 5.74) is 7.74. The fourth-order valence-corrected chi connectivity index (χ4v) is 1.82. The maximum Gasteiger partial charge on any atom is 0.127 e. The molecule has 1 aliphatic rings. The topological polar surface area (TPSA) is 63.9 Å². The zero-order valence-electron chi connectivity index (χ0n) is 9.52. The second-order valence-corrected chi connectivity index (χ2v) is 4.45. The molecule has 1 saturated carbocycles. The minimum atomic E-state index is 0.576. The number of H-pyrrole nitrogens is 1. The number of aromatic nitrogens is 2. The van der Waals surface area contributed by atoms with Gasteiger partial charge in [-0.3, -0.25) is 5.10 Å². The molecule has 17 heavy (non-hydrogen) atoms. The van der Waals surface area contributed by atoms with Crippen LogP contribution >= 0.6 is 0 Å². The molecule has 0 unspecified atom stereocenters. The van der Waals surface area contributed by atoms with E-state index in [4.69, 9.17) is 10.5 Å². The van der Waals surface area contributed by atoms with Crippen molar-refractivity contribution in [2.45, 2.75) is 12.8 Å². The van der Waals surface area contributed by atoms with Gasteiger partial charge in [0.15, 0.2) is 0 Å². The minimum Gasteiger partial charge on any atom is -0.493 e. The fraction of sp³-hybridized carbons (Fsp3) is 0.308. The van der Waals surface area contributed by atoms with E-state index in [1.54, 1.807) is 6.20 Å². The van der Waals surface area contributed by atoms with Crippen LogP contribution in [0.3, 0.4) is 0 Å². The van der Waals surface area contributed by atoms with Gasteiger partial charge in [-0.1, -0.05) is 18.2 Å². The summed E-state index contributed by atoms with van der Waals surface area (Å²) in [7, 11) is 0. The predicted octanol–water partition coefficient (Wildman–Crippen LogP) is 2.45. The molecule has 0 aliphatic heterocycles. The van der Waals surface area contributed by atoms with Crippen LogP contribution in [-0.2, 0) is 0 Å². The summed E-state index contributed by atoms with van der Waals surface area (Å²) in [5, 5.41) is 6.68. The summed E-state index contributed by atoms with van der Waals surface area (Å²) < 4.78 is 5.84. The third kappa shape index (κ3) is 2.11. The molecule has 0 atom stereocenters. The minimum absolute atomic E-state index is 0.576. The lowest BCUT2D eigenvalue weighted by Gasteiger charge is -2.10. The second-order valence-electron chi connectivity index (χ2n) is 4.45. The number of nitrogens with zero attached hydrogens (tertiary/aromatic N) is 1. The lowest BCUT2D eigenvalue weighted by molar-refractivity contribution is 0.301. The molecule has 1 fully saturated rings. The molecule has 1 aromatic heterocycles. The Kier molecular flexibility index (Phi) is 2.48. The highest BCUT2D eigenvalue weighted by molar-refractivity contribution is 5.77. The molecule has 2 aromatic rings. The number of para-hydroxylation sites is 1. The molecule has 0 saturated heterocycles. The number of hydrogen-bond acceptors (Lipinski definition) is 3. The third-order valence-corrected chi connectivity index (χ3v) is 3.02. The number of aromatic amines is 1. The summed E-state index contributed by atoms with van der Waals surface area (Å²) in [6.07, 6.45) is 4.31. The normalized spacial score (nSPS) is 14.8. The Morgan fingerprint density at radius 2 is 2.12 bits per heavy atom. The van der Waals surface area contributed by atoms with Gasteiger partial charge in [-0.15, -0.1) is 0 Å². The molecule has 4 heteroatoms. The molecule has 3 N–H and O–H groups in total. The van der Waals surface area contributed by atoms with E-state index in [9.17, 15) is 0 Å². The summed E-state index contributed by atoms with van der Waals surface area (Å²) in [4.78, 5) is 0. The van der Waals surface area contributed by atoms with Crippen molar-refractivity contribution in [3.05, 3.63) is 30.5 Å². The monoisotopic (exact) mass is 229 g/mol. The van der Waals surface area contributed by atoms with Crippen LogP contribution in [-0.4, -0.2) is 16.8 Å². The molecule has 0 radical (unpaired) electrons. The van der Waals surface area contributed by atoms with Crippen LogP contribution in [0.1, 0.15) is 12.8 Å². The van der Waals surface area contributed by atoms with E-state index >= 15 is 0 Å². The van der Waals surface area contributed by atoms with Gasteiger partial charge in [0.1, 0.15) is 11.6 Å². The maximum atomic E-state index is 5.84. The van der Waals surface area contributed by atoms with Gasteiger partial charge in [-0.2, -0.15) is 5.10 Å². The zero-order chi connectivity index (χ0) is 11.7. The second kappa shape index (κ2) is 4.13. The van der Waals surface area contributed by atoms with Gasteiger partial charge in [0.05, 0.1) is 12.8 Å². The first-order chi connectivity index (χ1) is 8.34. The van der Waals surface area contributed by atoms with Gasteiger partial charge in [0.2, 0.25) is 0 Å². The Morgan fingerprint density at radius 3 is 2.82 bits per heavy atom. The van der Waals surface area contributed by atoms with Crippen LogP contribution in [0, 0.1) is 5.92 Å². The first-order valence-corrected chi connectivity index (χ1v) is 5.85. The summed E-state index contributed by atoms with van der Waals surface area (Å²) in [5.74, 6) is 2.20. The van der Waals surface area contributed by atoms with Gasteiger partial charge in [0, 0.05) is 11.1 Å². The number of nitrogens with one attached hydrogen (secondary N) is 1. The van der Waals surface area contributed by atoms with Crippen LogP contribution in [0.5, 0.6) is 5.75 Å². The number of hydrogen-bond donors (Lipinski definition) is 2. The van der Waals surface area contributed by atoms with Gasteiger partial charge in [0.25, 0.3) is 0 Å². The molecule has 1 aromatic carbocycles. The van der Waals surface area contributed by atoms with Gasteiger partial charge in [-0.25, -0.2) is 0 Å². The smallest absolute Gasteiger partial charge is 0.127 e. The Balaban J connectivity index is 1.89. The number of rotatable bonds is 4. The molecule has 3 rings (SSSR count). The van der Waals surface area contributed by atoms with Crippen LogP contribution in [0.15, 0.2) is 30.5 Å². The average Bonchev–Trinajstić information content (AvgIpc) is 3.09. The van der Waals surface area contributed by atoms with E-state index in [2.05, 4.69) is 10.2 Å². The van der Waals surface area contributed by atoms with Crippen molar-refractivity contribution in [3.63, 3.8) is 0 Å². The number of benzene rings is 1. The summed E-state index contributed by atoms with van der Waals surface area (Å²) >= 11 is 0. The van der Waals surface area contributed by atoms with Crippen LogP contribution in [0.25, 0.3) is 11.1 Å². The molecule has 0 amide bonds. The molecular formula is C13H15N3O. The lowest BCUT2D eigenvalue weighted by atomic mass is 10.1. The predicted molar refractivity (Wildman–Crippen MR) is 66.7 cm³/mol. The number of anilines is 1. The van der Waals surface area contributed by atoms with Gasteiger partial charge >= 0.3 is 0 Å². The first kappa shape index (κ1) is 10.2. The van der Waals surface area contributed by atoms with Crippen LogP contribution < -0.4 is 10.5 Å². The largest absolute Gasteiger partial charge is 0.493 e. The Hall–Kier alpha value is -1.97. The van der Waals surface area contributed by atoms with Crippen molar-refractivity contribution in [2.75, 3.05) is 12.3 Å². The molecule has 0 bridgehead atoms. The summed E-state index contributed by atoms with van der Waals surface area (Å²) in [6, 6.07) is 7.93. The van der Waals surface area contributed by atoms with E-state index in [0.717, 1.165) is 29.4 Å². The van der Waals surface area contributed by atoms with Gasteiger partial charge < -0.3 is 10.5 Å². The molecule has 0 spiro atoms. The van der Waals surface area contributed by atoms with Gasteiger partial charge in [-0.05, 0) is 24.8 Å². The van der Waals surface area contributed by atoms with E-state index in [1.807, 2.05) is 24.3 Å². The molecule has 1 heterocycles. The molecule has 4 nitrogen and oxygen atoms in total. The maximum absolute atomic E-state index is 5.84. The number of nitrogen functional groups attached to an aromatic ring is 1. The third-order valence-electron chi connectivity index (χ3n) is 3.02. The quantitative estimate of drug-likeness (QED) is 0.846. The van der Waals surface area contributed by atoms with Crippen molar-refractivity contribution in [1.29, 1.82) is 0 Å². The highest BCUT2D eigenvalue weighted by atomic mass is 16.5. The van der Waals surface area contributed by atoms with Crippen molar-refractivity contribution >= 4 is 5.82 Å². The average molecular weight is 229 g/mol. The fourth-order valence-electron chi connectivity index (χ4n) is 1.82. The standard InChI is InChI=1S/C13H15N3O/c14-13-11(7-15-16-13)10-3-1-2-4-12(10)17-8-9-5-6-9/h1-4,7,9H,5-6,8H2,(H3,14,15,16). The van der Waals surface area contributed by atoms with Crippen molar-refractivity contribution in [1.82, 2.24) is 10.2 Å². The van der Waals surface area contributed by atoms with E-state index < -0.39 is 0 Å². The Morgan fingerprint density at radius 1 is 1.29 bits per heavy atom. The Bertz CT molecular complexity index is 517. The van der Waals surface area contributed by atoms with Crippen LogP contribution in [0.4, 0.5) is 5.82 Å². The highest BCUT2D eigenvalue weighted by Crippen LogP contribution is 2.35. The number of nitrogens with two attached hydrogens (primary N) is 1. The molecule has 88 valence electrons. The van der Waals surface area contributed by atoms with Crippen molar-refractivity contribution in [3.8, 4) is 16.9 Å². The van der Waals surface area contributed by atoms with Crippen molar-refractivity contribution < 1.29 is 4.74 Å². The molecule has 1 aliphatic carbocycles. The Labute approximate surface area is 99.8 Å². The summed E-state index contributed by atoms with van der Waals surface area (Å²) in [6.45, 7) is 0.800. The SMILES string of the molecule is Nc1[nH]ncc1-c1ccccc1OCC1CC1. The van der Waals surface area contributed by atoms with Crippen LogP contribution in [0.2, 0.25) is 0 Å². The lowest BCUT2D eigenvalue weighted by Crippen LogP contribution is -2.00. The van der Waals surface area contributed by atoms with E-state index in [0.29, 0.717) is 5.82 Å².